The molecule has 160 valence electrons. The molecule has 3 rings (SSSR count). The predicted molar refractivity (Wildman–Crippen MR) is 125 cm³/mol. The smallest absolute Gasteiger partial charge is 0.271 e. The lowest BCUT2D eigenvalue weighted by molar-refractivity contribution is 0.0955. The van der Waals surface area contributed by atoms with E-state index in [1.807, 2.05) is 37.3 Å². The molecule has 31 heavy (non-hydrogen) atoms. The molecule has 0 unspecified atom stereocenters. The number of ether oxygens (including phenoxy) is 2. The van der Waals surface area contributed by atoms with E-state index >= 15 is 0 Å². The fraction of sp³-hybridized carbons (Fsp3) is 0.167. The van der Waals surface area contributed by atoms with Crippen LogP contribution in [0.4, 0.5) is 0 Å². The molecule has 0 aliphatic carbocycles. The van der Waals surface area contributed by atoms with E-state index in [0.717, 1.165) is 23.3 Å². The van der Waals surface area contributed by atoms with Gasteiger partial charge in [0.05, 0.1) is 22.9 Å². The summed E-state index contributed by atoms with van der Waals surface area (Å²) in [6, 6.07) is 19.7. The molecule has 0 heterocycles. The normalized spacial score (nSPS) is 10.8. The van der Waals surface area contributed by atoms with Crippen LogP contribution in [0.1, 0.15) is 34.8 Å². The zero-order chi connectivity index (χ0) is 22.1. The first-order valence-corrected chi connectivity index (χ1v) is 10.5. The number of nitrogens with zero attached hydrogens (tertiary/aromatic N) is 1. The molecule has 0 fully saturated rings. The van der Waals surface area contributed by atoms with Crippen LogP contribution in [0.2, 0.25) is 10.0 Å². The van der Waals surface area contributed by atoms with Gasteiger partial charge in [-0.1, -0.05) is 48.3 Å². The Balaban J connectivity index is 1.53. The van der Waals surface area contributed by atoms with Gasteiger partial charge in [0.25, 0.3) is 5.91 Å². The van der Waals surface area contributed by atoms with Crippen LogP contribution in [0.25, 0.3) is 0 Å². The minimum absolute atomic E-state index is 0.301. The third-order valence-electron chi connectivity index (χ3n) is 4.22. The highest BCUT2D eigenvalue weighted by molar-refractivity contribution is 6.42. The van der Waals surface area contributed by atoms with E-state index in [1.54, 1.807) is 42.6 Å². The van der Waals surface area contributed by atoms with E-state index < -0.39 is 0 Å². The zero-order valence-corrected chi connectivity index (χ0v) is 18.5. The van der Waals surface area contributed by atoms with E-state index in [0.29, 0.717) is 34.6 Å². The van der Waals surface area contributed by atoms with Crippen LogP contribution in [0.3, 0.4) is 0 Å². The lowest BCUT2D eigenvalue weighted by Gasteiger charge is -2.08. The van der Waals surface area contributed by atoms with Crippen molar-refractivity contribution in [2.24, 2.45) is 5.10 Å². The highest BCUT2D eigenvalue weighted by atomic mass is 35.5. The van der Waals surface area contributed by atoms with Gasteiger partial charge in [-0.05, 0) is 66.1 Å². The molecule has 3 aromatic rings. The summed E-state index contributed by atoms with van der Waals surface area (Å²) in [5, 5.41) is 5.02. The number of carbonyl (C=O) groups is 1. The van der Waals surface area contributed by atoms with Crippen molar-refractivity contribution in [3.63, 3.8) is 0 Å². The maximum atomic E-state index is 12.2. The average Bonchev–Trinajstić information content (AvgIpc) is 2.79. The summed E-state index contributed by atoms with van der Waals surface area (Å²) in [5.74, 6) is 1.11. The second-order valence-corrected chi connectivity index (χ2v) is 7.50. The maximum absolute atomic E-state index is 12.2. The molecular weight excluding hydrogens is 435 g/mol. The van der Waals surface area contributed by atoms with E-state index in [9.17, 15) is 4.79 Å². The first kappa shape index (κ1) is 22.7. The Hall–Kier alpha value is -3.02. The molecule has 0 aliphatic rings. The number of hydrogen-bond acceptors (Lipinski definition) is 4. The van der Waals surface area contributed by atoms with E-state index in [4.69, 9.17) is 32.7 Å². The minimum atomic E-state index is -0.301. The number of carbonyl (C=O) groups excluding carboxylic acids is 1. The summed E-state index contributed by atoms with van der Waals surface area (Å²) >= 11 is 12.0. The average molecular weight is 457 g/mol. The van der Waals surface area contributed by atoms with Crippen LogP contribution in [0.15, 0.2) is 71.8 Å². The van der Waals surface area contributed by atoms with Gasteiger partial charge < -0.3 is 9.47 Å². The standard InChI is InChI=1S/C24H22Cl2N2O3/c1-2-12-30-20-9-7-19(8-10-20)24(29)28-27-15-17-4-3-5-21(13-17)31-16-18-6-11-22(25)23(26)14-18/h3-11,13-15H,2,12,16H2,1H3,(H,28,29)/b27-15-. The molecule has 0 saturated heterocycles. The largest absolute Gasteiger partial charge is 0.494 e. The van der Waals surface area contributed by atoms with Crippen LogP contribution in [0, 0.1) is 0 Å². The number of nitrogens with one attached hydrogen (secondary N) is 1. The highest BCUT2D eigenvalue weighted by Gasteiger charge is 2.05. The van der Waals surface area contributed by atoms with Gasteiger partial charge in [-0.15, -0.1) is 0 Å². The van der Waals surface area contributed by atoms with E-state index in [2.05, 4.69) is 10.5 Å². The van der Waals surface area contributed by atoms with Gasteiger partial charge in [0.2, 0.25) is 0 Å². The molecule has 1 amide bonds. The van der Waals surface area contributed by atoms with Crippen molar-refractivity contribution in [1.29, 1.82) is 0 Å². The Morgan fingerprint density at radius 1 is 0.968 bits per heavy atom. The van der Waals surface area contributed by atoms with Crippen LogP contribution >= 0.6 is 23.2 Å². The second-order valence-electron chi connectivity index (χ2n) is 6.68. The van der Waals surface area contributed by atoms with Gasteiger partial charge in [0.15, 0.2) is 0 Å². The Kier molecular flexibility index (Phi) is 8.33. The Morgan fingerprint density at radius 2 is 1.77 bits per heavy atom. The zero-order valence-electron chi connectivity index (χ0n) is 17.0. The fourth-order valence-electron chi connectivity index (χ4n) is 2.63. The van der Waals surface area contributed by atoms with Crippen molar-refractivity contribution in [3.05, 3.63) is 93.5 Å². The van der Waals surface area contributed by atoms with Gasteiger partial charge in [-0.3, -0.25) is 4.79 Å². The van der Waals surface area contributed by atoms with E-state index in [-0.39, 0.29) is 5.91 Å². The Bertz CT molecular complexity index is 1050. The summed E-state index contributed by atoms with van der Waals surface area (Å²) < 4.78 is 11.3. The third kappa shape index (κ3) is 7.02. The molecule has 3 aromatic carbocycles. The van der Waals surface area contributed by atoms with Gasteiger partial charge in [0.1, 0.15) is 18.1 Å². The minimum Gasteiger partial charge on any atom is -0.494 e. The number of hydrazone groups is 1. The van der Waals surface area contributed by atoms with Crippen molar-refractivity contribution in [2.75, 3.05) is 6.61 Å². The lowest BCUT2D eigenvalue weighted by Crippen LogP contribution is -2.17. The topological polar surface area (TPSA) is 59.9 Å². The van der Waals surface area contributed by atoms with Crippen molar-refractivity contribution in [2.45, 2.75) is 20.0 Å². The van der Waals surface area contributed by atoms with Gasteiger partial charge in [-0.2, -0.15) is 5.10 Å². The van der Waals surface area contributed by atoms with Gasteiger partial charge in [-0.25, -0.2) is 5.43 Å². The Morgan fingerprint density at radius 3 is 2.52 bits per heavy atom. The van der Waals surface area contributed by atoms with Crippen LogP contribution in [-0.2, 0) is 6.61 Å². The number of rotatable bonds is 9. The van der Waals surface area contributed by atoms with Crippen LogP contribution < -0.4 is 14.9 Å². The maximum Gasteiger partial charge on any atom is 0.271 e. The van der Waals surface area contributed by atoms with Crippen molar-refractivity contribution >= 4 is 35.3 Å². The molecule has 0 aromatic heterocycles. The van der Waals surface area contributed by atoms with Crippen molar-refractivity contribution in [1.82, 2.24) is 5.43 Å². The lowest BCUT2D eigenvalue weighted by atomic mass is 10.2. The molecule has 0 radical (unpaired) electrons. The molecule has 0 saturated carbocycles. The summed E-state index contributed by atoms with van der Waals surface area (Å²) in [5.41, 5.74) is 4.72. The third-order valence-corrected chi connectivity index (χ3v) is 4.96. The number of benzene rings is 3. The molecule has 5 nitrogen and oxygen atoms in total. The fourth-order valence-corrected chi connectivity index (χ4v) is 2.95. The van der Waals surface area contributed by atoms with E-state index in [1.165, 1.54) is 0 Å². The number of amides is 1. The first-order chi connectivity index (χ1) is 15.0. The van der Waals surface area contributed by atoms with Gasteiger partial charge >= 0.3 is 0 Å². The molecular formula is C24H22Cl2N2O3. The molecule has 7 heteroatoms. The van der Waals surface area contributed by atoms with Crippen molar-refractivity contribution in [3.8, 4) is 11.5 Å². The molecule has 1 N–H and O–H groups in total. The quantitative estimate of drug-likeness (QED) is 0.311. The molecule has 0 spiro atoms. The Labute approximate surface area is 191 Å². The first-order valence-electron chi connectivity index (χ1n) is 9.78. The van der Waals surface area contributed by atoms with Gasteiger partial charge in [0, 0.05) is 5.56 Å². The summed E-state index contributed by atoms with van der Waals surface area (Å²) in [6.45, 7) is 3.04. The number of hydrogen-bond donors (Lipinski definition) is 1. The monoisotopic (exact) mass is 456 g/mol. The number of halogens is 2. The summed E-state index contributed by atoms with van der Waals surface area (Å²) in [6.07, 6.45) is 2.49. The van der Waals surface area contributed by atoms with Crippen LogP contribution in [-0.4, -0.2) is 18.7 Å². The predicted octanol–water partition coefficient (Wildman–Crippen LogP) is 6.13. The van der Waals surface area contributed by atoms with Crippen LogP contribution in [0.5, 0.6) is 11.5 Å². The molecule has 0 bridgehead atoms. The SMILES string of the molecule is CCCOc1ccc(C(=O)N/N=C\c2cccc(OCc3ccc(Cl)c(Cl)c3)c2)cc1. The summed E-state index contributed by atoms with van der Waals surface area (Å²) in [4.78, 5) is 12.2. The summed E-state index contributed by atoms with van der Waals surface area (Å²) in [7, 11) is 0. The highest BCUT2D eigenvalue weighted by Crippen LogP contribution is 2.23. The second kappa shape index (κ2) is 11.4. The molecule has 0 aliphatic heterocycles. The molecule has 0 atom stereocenters. The van der Waals surface area contributed by atoms with Crippen molar-refractivity contribution < 1.29 is 14.3 Å².